The van der Waals surface area contributed by atoms with Crippen molar-refractivity contribution in [3.05, 3.63) is 64.2 Å². The van der Waals surface area contributed by atoms with E-state index in [9.17, 15) is 14.9 Å². The summed E-state index contributed by atoms with van der Waals surface area (Å²) >= 11 is 0. The highest BCUT2D eigenvalue weighted by molar-refractivity contribution is 5.87. The number of amides is 1. The van der Waals surface area contributed by atoms with Crippen molar-refractivity contribution < 1.29 is 19.2 Å². The van der Waals surface area contributed by atoms with Gasteiger partial charge in [0.1, 0.15) is 11.5 Å². The van der Waals surface area contributed by atoms with Gasteiger partial charge in [-0.05, 0) is 43.7 Å². The molecule has 0 radical (unpaired) electrons. The molecule has 0 spiro atoms. The smallest absolute Gasteiger partial charge is 0.280 e. The lowest BCUT2D eigenvalue weighted by Gasteiger charge is -2.13. The molecule has 2 rings (SSSR count). The quantitative estimate of drug-likeness (QED) is 0.265. The normalized spacial score (nSPS) is 11.8. The third kappa shape index (κ3) is 7.25. The average Bonchev–Trinajstić information content (AvgIpc) is 2.72. The molecule has 8 heteroatoms. The molecule has 0 saturated heterocycles. The van der Waals surface area contributed by atoms with E-state index in [1.165, 1.54) is 12.3 Å². The summed E-state index contributed by atoms with van der Waals surface area (Å²) in [6.07, 6.45) is 3.72. The molecule has 0 aliphatic carbocycles. The van der Waals surface area contributed by atoms with Crippen LogP contribution < -0.4 is 14.9 Å². The van der Waals surface area contributed by atoms with E-state index in [1.807, 2.05) is 0 Å². The molecule has 0 heterocycles. The number of benzene rings is 2. The lowest BCUT2D eigenvalue weighted by atomic mass is 10.2. The molecular formula is C21H25N3O5. The predicted octanol–water partition coefficient (Wildman–Crippen LogP) is 4.08. The summed E-state index contributed by atoms with van der Waals surface area (Å²) in [4.78, 5) is 22.6. The molecule has 0 aliphatic heterocycles. The summed E-state index contributed by atoms with van der Waals surface area (Å²) < 4.78 is 11.2. The first kappa shape index (κ1) is 21.9. The van der Waals surface area contributed by atoms with Crippen LogP contribution in [0.25, 0.3) is 0 Å². The molecular weight excluding hydrogens is 374 g/mol. The third-order valence-corrected chi connectivity index (χ3v) is 4.03. The molecule has 0 fully saturated rings. The number of hydrogen-bond donors (Lipinski definition) is 1. The summed E-state index contributed by atoms with van der Waals surface area (Å²) in [5.41, 5.74) is 2.53. The number of nitro benzene ring substituents is 1. The maximum Gasteiger partial charge on any atom is 0.280 e. The van der Waals surface area contributed by atoms with Crippen molar-refractivity contribution in [3.8, 4) is 11.5 Å². The topological polar surface area (TPSA) is 103 Å². The number of nitrogens with one attached hydrogen (secondary N) is 1. The summed E-state index contributed by atoms with van der Waals surface area (Å²) in [7, 11) is 0. The first-order valence-corrected chi connectivity index (χ1v) is 9.47. The van der Waals surface area contributed by atoms with Crippen LogP contribution in [0.3, 0.4) is 0 Å². The van der Waals surface area contributed by atoms with Crippen LogP contribution in [0.2, 0.25) is 0 Å². The molecule has 0 bridgehead atoms. The lowest BCUT2D eigenvalue weighted by molar-refractivity contribution is -0.385. The van der Waals surface area contributed by atoms with Gasteiger partial charge in [0, 0.05) is 6.07 Å². The van der Waals surface area contributed by atoms with Gasteiger partial charge in [0.15, 0.2) is 6.10 Å². The Morgan fingerprint density at radius 1 is 1.17 bits per heavy atom. The van der Waals surface area contributed by atoms with Gasteiger partial charge in [-0.2, -0.15) is 5.10 Å². The largest absolute Gasteiger partial charge is 0.494 e. The van der Waals surface area contributed by atoms with Crippen LogP contribution in [0.5, 0.6) is 11.5 Å². The molecule has 2 aromatic rings. The van der Waals surface area contributed by atoms with Crippen LogP contribution in [0.1, 0.15) is 38.7 Å². The predicted molar refractivity (Wildman–Crippen MR) is 110 cm³/mol. The van der Waals surface area contributed by atoms with Gasteiger partial charge < -0.3 is 9.47 Å². The number of ether oxygens (including phenoxy) is 2. The number of carbonyl (C=O) groups excluding carboxylic acids is 1. The van der Waals surface area contributed by atoms with Crippen molar-refractivity contribution in [2.75, 3.05) is 6.61 Å². The van der Waals surface area contributed by atoms with Gasteiger partial charge in [-0.25, -0.2) is 5.43 Å². The first-order valence-electron chi connectivity index (χ1n) is 9.47. The Morgan fingerprint density at radius 2 is 1.86 bits per heavy atom. The number of nitro groups is 1. The van der Waals surface area contributed by atoms with E-state index in [4.69, 9.17) is 9.47 Å². The van der Waals surface area contributed by atoms with Crippen molar-refractivity contribution in [1.29, 1.82) is 0 Å². The average molecular weight is 399 g/mol. The molecule has 1 unspecified atom stereocenters. The summed E-state index contributed by atoms with van der Waals surface area (Å²) in [6.45, 7) is 4.40. The molecule has 8 nitrogen and oxygen atoms in total. The van der Waals surface area contributed by atoms with E-state index < -0.39 is 16.9 Å². The van der Waals surface area contributed by atoms with E-state index in [-0.39, 0.29) is 5.69 Å². The number of unbranched alkanes of at least 4 members (excludes halogenated alkanes) is 2. The van der Waals surface area contributed by atoms with Gasteiger partial charge in [0.2, 0.25) is 0 Å². The van der Waals surface area contributed by atoms with Crippen molar-refractivity contribution in [1.82, 2.24) is 5.43 Å². The fraction of sp³-hybridized carbons (Fsp3) is 0.333. The summed E-state index contributed by atoms with van der Waals surface area (Å²) in [5, 5.41) is 14.8. The highest BCUT2D eigenvalue weighted by Crippen LogP contribution is 2.19. The number of carbonyl (C=O) groups is 1. The highest BCUT2D eigenvalue weighted by Gasteiger charge is 2.15. The monoisotopic (exact) mass is 399 g/mol. The van der Waals surface area contributed by atoms with Gasteiger partial charge >= 0.3 is 0 Å². The Kier molecular flexibility index (Phi) is 8.62. The molecule has 1 atom stereocenters. The SMILES string of the molecule is CCCCCOc1ccc(OC(C)C(=O)NN=Cc2ccccc2[N+](=O)[O-])cc1. The molecule has 0 saturated carbocycles. The van der Waals surface area contributed by atoms with Crippen LogP contribution >= 0.6 is 0 Å². The van der Waals surface area contributed by atoms with Crippen LogP contribution in [0, 0.1) is 10.1 Å². The Labute approximate surface area is 169 Å². The summed E-state index contributed by atoms with van der Waals surface area (Å²) in [6, 6.07) is 13.2. The number of rotatable bonds is 11. The van der Waals surface area contributed by atoms with Crippen molar-refractivity contribution in [3.63, 3.8) is 0 Å². The van der Waals surface area contributed by atoms with Crippen molar-refractivity contribution >= 4 is 17.8 Å². The van der Waals surface area contributed by atoms with Gasteiger partial charge in [0.05, 0.1) is 23.3 Å². The van der Waals surface area contributed by atoms with Crippen LogP contribution in [0.15, 0.2) is 53.6 Å². The zero-order valence-electron chi connectivity index (χ0n) is 16.5. The number of hydrazone groups is 1. The van der Waals surface area contributed by atoms with Crippen LogP contribution in [-0.2, 0) is 4.79 Å². The second-order valence-corrected chi connectivity index (χ2v) is 6.34. The number of para-hydroxylation sites is 1. The Morgan fingerprint density at radius 3 is 2.55 bits per heavy atom. The van der Waals surface area contributed by atoms with E-state index in [0.717, 1.165) is 25.0 Å². The van der Waals surface area contributed by atoms with Crippen LogP contribution in [-0.4, -0.2) is 29.8 Å². The Balaban J connectivity index is 1.84. The fourth-order valence-corrected chi connectivity index (χ4v) is 2.43. The zero-order chi connectivity index (χ0) is 21.1. The second kappa shape index (κ2) is 11.4. The highest BCUT2D eigenvalue weighted by atomic mass is 16.6. The van der Waals surface area contributed by atoms with Gasteiger partial charge in [0.25, 0.3) is 11.6 Å². The molecule has 1 N–H and O–H groups in total. The standard InChI is InChI=1S/C21H25N3O5/c1-3-4-7-14-28-18-10-12-19(13-11-18)29-16(2)21(25)23-22-15-17-8-5-6-9-20(17)24(26)27/h5-6,8-13,15-16H,3-4,7,14H2,1-2H3,(H,23,25). The summed E-state index contributed by atoms with van der Waals surface area (Å²) in [5.74, 6) is 0.801. The third-order valence-electron chi connectivity index (χ3n) is 4.03. The minimum Gasteiger partial charge on any atom is -0.494 e. The minimum atomic E-state index is -0.797. The Bertz CT molecular complexity index is 836. The lowest BCUT2D eigenvalue weighted by Crippen LogP contribution is -2.33. The van der Waals surface area contributed by atoms with Gasteiger partial charge in [-0.3, -0.25) is 14.9 Å². The molecule has 2 aromatic carbocycles. The first-order chi connectivity index (χ1) is 14.0. The molecule has 29 heavy (non-hydrogen) atoms. The maximum absolute atomic E-state index is 12.1. The van der Waals surface area contributed by atoms with E-state index in [1.54, 1.807) is 49.4 Å². The number of hydrogen-bond acceptors (Lipinski definition) is 6. The van der Waals surface area contributed by atoms with E-state index >= 15 is 0 Å². The van der Waals surface area contributed by atoms with Gasteiger partial charge in [-0.15, -0.1) is 0 Å². The minimum absolute atomic E-state index is 0.0909. The van der Waals surface area contributed by atoms with E-state index in [0.29, 0.717) is 17.9 Å². The second-order valence-electron chi connectivity index (χ2n) is 6.34. The van der Waals surface area contributed by atoms with Crippen LogP contribution in [0.4, 0.5) is 5.69 Å². The maximum atomic E-state index is 12.1. The van der Waals surface area contributed by atoms with E-state index in [2.05, 4.69) is 17.5 Å². The Hall–Kier alpha value is -3.42. The fourth-order valence-electron chi connectivity index (χ4n) is 2.43. The molecule has 0 aliphatic rings. The molecule has 154 valence electrons. The van der Waals surface area contributed by atoms with Crippen molar-refractivity contribution in [2.45, 2.75) is 39.2 Å². The van der Waals surface area contributed by atoms with Crippen molar-refractivity contribution in [2.24, 2.45) is 5.10 Å². The molecule has 0 aromatic heterocycles. The van der Waals surface area contributed by atoms with Gasteiger partial charge in [-0.1, -0.05) is 31.9 Å². The zero-order valence-corrected chi connectivity index (χ0v) is 16.5. The number of nitrogens with zero attached hydrogens (tertiary/aromatic N) is 2. The molecule has 1 amide bonds.